The van der Waals surface area contributed by atoms with Gasteiger partial charge in [0, 0.05) is 18.1 Å². The van der Waals surface area contributed by atoms with Crippen molar-refractivity contribution in [3.8, 4) is 0 Å². The van der Waals surface area contributed by atoms with Crippen molar-refractivity contribution in [2.24, 2.45) is 0 Å². The van der Waals surface area contributed by atoms with Crippen LogP contribution in [-0.2, 0) is 9.59 Å². The molecule has 1 aliphatic rings. The van der Waals surface area contributed by atoms with Crippen LogP contribution < -0.4 is 10.6 Å². The first-order chi connectivity index (χ1) is 9.06. The first-order valence-corrected chi connectivity index (χ1v) is 6.17. The van der Waals surface area contributed by atoms with Crippen LogP contribution in [0.15, 0.2) is 18.2 Å². The second-order valence-corrected chi connectivity index (χ2v) is 4.58. The fourth-order valence-corrected chi connectivity index (χ4v) is 1.93. The van der Waals surface area contributed by atoms with Gasteiger partial charge in [0.25, 0.3) is 0 Å². The number of carbonyl (C=O) groups is 2. The number of hydrogen-bond donors (Lipinski definition) is 2. The van der Waals surface area contributed by atoms with Crippen LogP contribution in [0.4, 0.5) is 10.1 Å². The van der Waals surface area contributed by atoms with Gasteiger partial charge in [0.2, 0.25) is 11.8 Å². The molecule has 0 aromatic heterocycles. The average molecular weight is 286 g/mol. The van der Waals surface area contributed by atoms with Gasteiger partial charge in [0.05, 0.1) is 18.8 Å². The number of carbonyl (C=O) groups excluding carboxylic acids is 2. The molecule has 102 valence electrons. The predicted molar refractivity (Wildman–Crippen MR) is 69.5 cm³/mol. The predicted octanol–water partition coefficient (Wildman–Crippen LogP) is 0.849. The van der Waals surface area contributed by atoms with Gasteiger partial charge >= 0.3 is 0 Å². The summed E-state index contributed by atoms with van der Waals surface area (Å²) < 4.78 is 13.5. The van der Waals surface area contributed by atoms with Gasteiger partial charge < -0.3 is 15.5 Å². The summed E-state index contributed by atoms with van der Waals surface area (Å²) in [6, 6.07) is 4.17. The van der Waals surface area contributed by atoms with E-state index >= 15 is 0 Å². The Labute approximate surface area is 114 Å². The number of hydrogen-bond acceptors (Lipinski definition) is 3. The highest BCUT2D eigenvalue weighted by atomic mass is 35.5. The van der Waals surface area contributed by atoms with Gasteiger partial charge in [-0.2, -0.15) is 0 Å². The zero-order valence-corrected chi connectivity index (χ0v) is 10.8. The summed E-state index contributed by atoms with van der Waals surface area (Å²) in [6.45, 7) is 0.894. The molecule has 0 atom stereocenters. The van der Waals surface area contributed by atoms with Crippen molar-refractivity contribution in [1.29, 1.82) is 0 Å². The summed E-state index contributed by atoms with van der Waals surface area (Å²) in [5.41, 5.74) is 0.208. The molecule has 1 fully saturated rings. The van der Waals surface area contributed by atoms with Crippen LogP contribution in [0, 0.1) is 5.82 Å². The Balaban J connectivity index is 1.91. The largest absolute Gasteiger partial charge is 0.374 e. The fraction of sp³-hybridized carbons (Fsp3) is 0.333. The van der Waals surface area contributed by atoms with Crippen molar-refractivity contribution < 1.29 is 14.0 Å². The molecule has 0 saturated carbocycles. The van der Waals surface area contributed by atoms with E-state index in [2.05, 4.69) is 10.6 Å². The first-order valence-electron chi connectivity index (χ1n) is 5.79. The third-order valence-electron chi connectivity index (χ3n) is 2.75. The van der Waals surface area contributed by atoms with E-state index in [1.165, 1.54) is 23.1 Å². The standard InChI is InChI=1S/C12H13ClFN3O2/c13-8-1-2-10(9(14)5-8)16-6-12(19)17-4-3-15-11(18)7-17/h1-2,5,16H,3-4,6-7H2,(H,15,18). The molecule has 0 radical (unpaired) electrons. The monoisotopic (exact) mass is 285 g/mol. The van der Waals surface area contributed by atoms with E-state index in [0.717, 1.165) is 0 Å². The third-order valence-corrected chi connectivity index (χ3v) is 2.99. The van der Waals surface area contributed by atoms with E-state index in [9.17, 15) is 14.0 Å². The number of piperazine rings is 1. The lowest BCUT2D eigenvalue weighted by Crippen LogP contribution is -2.51. The Kier molecular flexibility index (Phi) is 4.21. The van der Waals surface area contributed by atoms with Crippen LogP contribution in [0.1, 0.15) is 0 Å². The van der Waals surface area contributed by atoms with Gasteiger partial charge in [-0.05, 0) is 18.2 Å². The molecule has 1 aromatic carbocycles. The van der Waals surface area contributed by atoms with Crippen molar-refractivity contribution in [2.75, 3.05) is 31.5 Å². The minimum absolute atomic E-state index is 0.0453. The number of amides is 2. The van der Waals surface area contributed by atoms with E-state index in [0.29, 0.717) is 18.1 Å². The maximum Gasteiger partial charge on any atom is 0.242 e. The molecule has 0 bridgehead atoms. The second-order valence-electron chi connectivity index (χ2n) is 4.14. The summed E-state index contributed by atoms with van der Waals surface area (Å²) in [5, 5.41) is 5.62. The SMILES string of the molecule is O=C1CN(C(=O)CNc2ccc(Cl)cc2F)CCN1. The molecular formula is C12H13ClFN3O2. The van der Waals surface area contributed by atoms with Gasteiger partial charge in [-0.15, -0.1) is 0 Å². The van der Waals surface area contributed by atoms with Crippen molar-refractivity contribution in [1.82, 2.24) is 10.2 Å². The smallest absolute Gasteiger partial charge is 0.242 e. The Morgan fingerprint density at radius 2 is 2.32 bits per heavy atom. The summed E-state index contributed by atoms with van der Waals surface area (Å²) in [6.07, 6.45) is 0. The highest BCUT2D eigenvalue weighted by Gasteiger charge is 2.20. The lowest BCUT2D eigenvalue weighted by Gasteiger charge is -2.26. The minimum atomic E-state index is -0.517. The quantitative estimate of drug-likeness (QED) is 0.865. The van der Waals surface area contributed by atoms with Gasteiger partial charge in [-0.3, -0.25) is 9.59 Å². The molecule has 7 heteroatoms. The number of halogens is 2. The van der Waals surface area contributed by atoms with Crippen molar-refractivity contribution in [2.45, 2.75) is 0 Å². The topological polar surface area (TPSA) is 61.4 Å². The molecule has 19 heavy (non-hydrogen) atoms. The average Bonchev–Trinajstić information content (AvgIpc) is 2.37. The molecule has 0 spiro atoms. The zero-order valence-electron chi connectivity index (χ0n) is 10.1. The van der Waals surface area contributed by atoms with Crippen LogP contribution >= 0.6 is 11.6 Å². The number of rotatable bonds is 3. The Morgan fingerprint density at radius 1 is 1.53 bits per heavy atom. The van der Waals surface area contributed by atoms with Crippen LogP contribution in [0.3, 0.4) is 0 Å². The Bertz CT molecular complexity index is 510. The van der Waals surface area contributed by atoms with E-state index < -0.39 is 5.82 Å². The maximum atomic E-state index is 13.5. The van der Waals surface area contributed by atoms with Crippen molar-refractivity contribution in [3.63, 3.8) is 0 Å². The van der Waals surface area contributed by atoms with E-state index in [1.807, 2.05) is 0 Å². The van der Waals surface area contributed by atoms with Crippen molar-refractivity contribution in [3.05, 3.63) is 29.0 Å². The van der Waals surface area contributed by atoms with E-state index in [-0.39, 0.29) is 30.6 Å². The molecule has 1 heterocycles. The lowest BCUT2D eigenvalue weighted by molar-refractivity contribution is -0.136. The Hall–Kier alpha value is -1.82. The first kappa shape index (κ1) is 13.6. The molecule has 2 rings (SSSR count). The molecule has 2 N–H and O–H groups in total. The van der Waals surface area contributed by atoms with Gasteiger partial charge in [0.1, 0.15) is 5.82 Å². The van der Waals surface area contributed by atoms with Crippen LogP contribution in [0.5, 0.6) is 0 Å². The summed E-state index contributed by atoms with van der Waals surface area (Å²) in [4.78, 5) is 24.4. The molecule has 5 nitrogen and oxygen atoms in total. The molecule has 1 aromatic rings. The third kappa shape index (κ3) is 3.57. The molecule has 2 amide bonds. The molecule has 0 aliphatic carbocycles. The minimum Gasteiger partial charge on any atom is -0.374 e. The van der Waals surface area contributed by atoms with Gasteiger partial charge in [-0.1, -0.05) is 11.6 Å². The van der Waals surface area contributed by atoms with E-state index in [1.54, 1.807) is 0 Å². The summed E-state index contributed by atoms with van der Waals surface area (Å²) >= 11 is 5.63. The maximum absolute atomic E-state index is 13.5. The lowest BCUT2D eigenvalue weighted by atomic mass is 10.3. The highest BCUT2D eigenvalue weighted by Crippen LogP contribution is 2.18. The summed E-state index contributed by atoms with van der Waals surface area (Å²) in [5.74, 6) is -0.946. The number of nitrogens with zero attached hydrogens (tertiary/aromatic N) is 1. The number of anilines is 1. The summed E-state index contributed by atoms with van der Waals surface area (Å²) in [7, 11) is 0. The second kappa shape index (κ2) is 5.88. The van der Waals surface area contributed by atoms with Crippen LogP contribution in [-0.4, -0.2) is 42.9 Å². The van der Waals surface area contributed by atoms with Crippen molar-refractivity contribution >= 4 is 29.1 Å². The number of nitrogens with one attached hydrogen (secondary N) is 2. The highest BCUT2D eigenvalue weighted by molar-refractivity contribution is 6.30. The molecule has 0 unspecified atom stereocenters. The van der Waals surface area contributed by atoms with Crippen LogP contribution in [0.25, 0.3) is 0 Å². The fourth-order valence-electron chi connectivity index (χ4n) is 1.77. The zero-order chi connectivity index (χ0) is 13.8. The van der Waals surface area contributed by atoms with Gasteiger partial charge in [-0.25, -0.2) is 4.39 Å². The molecule has 1 saturated heterocycles. The Morgan fingerprint density at radius 3 is 3.00 bits per heavy atom. The molecule has 1 aliphatic heterocycles. The normalized spacial score (nSPS) is 15.1. The van der Waals surface area contributed by atoms with Crippen LogP contribution in [0.2, 0.25) is 5.02 Å². The molecular weight excluding hydrogens is 273 g/mol. The van der Waals surface area contributed by atoms with Gasteiger partial charge in [0.15, 0.2) is 0 Å². The number of benzene rings is 1. The van der Waals surface area contributed by atoms with E-state index in [4.69, 9.17) is 11.6 Å².